The van der Waals surface area contributed by atoms with Gasteiger partial charge in [0.1, 0.15) is 17.3 Å². The first-order valence-corrected chi connectivity index (χ1v) is 9.89. The topological polar surface area (TPSA) is 45.8 Å². The number of hydrogen-bond donors (Lipinski definition) is 1. The van der Waals surface area contributed by atoms with Crippen LogP contribution in [0.1, 0.15) is 52.1 Å². The molecule has 5 rings (SSSR count). The second kappa shape index (κ2) is 6.76. The number of nitrogens with zero attached hydrogens (tertiary/aromatic N) is 1. The van der Waals surface area contributed by atoms with Crippen LogP contribution in [0.2, 0.25) is 0 Å². The first-order valence-electron chi connectivity index (χ1n) is 9.89. The molecule has 1 saturated carbocycles. The van der Waals surface area contributed by atoms with Gasteiger partial charge >= 0.3 is 0 Å². The van der Waals surface area contributed by atoms with Gasteiger partial charge in [0.15, 0.2) is 5.78 Å². The molecule has 0 unspecified atom stereocenters. The Morgan fingerprint density at radius 2 is 1.69 bits per heavy atom. The van der Waals surface area contributed by atoms with Crippen molar-refractivity contribution in [1.82, 2.24) is 10.2 Å². The van der Waals surface area contributed by atoms with Gasteiger partial charge in [0.05, 0.1) is 0 Å². The van der Waals surface area contributed by atoms with Crippen LogP contribution >= 0.6 is 0 Å². The Bertz CT molecular complexity index is 1080. The fourth-order valence-corrected chi connectivity index (χ4v) is 4.41. The molecule has 0 bridgehead atoms. The summed E-state index contributed by atoms with van der Waals surface area (Å²) < 4.78 is 28.1. The van der Waals surface area contributed by atoms with Crippen molar-refractivity contribution in [2.45, 2.75) is 31.1 Å². The van der Waals surface area contributed by atoms with Crippen molar-refractivity contribution in [1.29, 1.82) is 0 Å². The monoisotopic (exact) mass is 390 g/mol. The fourth-order valence-electron chi connectivity index (χ4n) is 4.41. The van der Waals surface area contributed by atoms with Crippen LogP contribution in [0.15, 0.2) is 54.6 Å². The summed E-state index contributed by atoms with van der Waals surface area (Å²) in [5.41, 5.74) is 2.79. The normalized spacial score (nSPS) is 17.6. The number of fused-ring (bicyclic) bond motifs is 1. The van der Waals surface area contributed by atoms with Gasteiger partial charge in [-0.2, -0.15) is 5.10 Å². The third-order valence-electron chi connectivity index (χ3n) is 6.26. The number of rotatable bonds is 4. The summed E-state index contributed by atoms with van der Waals surface area (Å²) in [6.07, 6.45) is 7.19. The number of benzene rings is 2. The number of H-pyrrole nitrogens is 1. The van der Waals surface area contributed by atoms with Gasteiger partial charge in [-0.05, 0) is 48.2 Å². The minimum atomic E-state index is -0.749. The minimum Gasteiger partial charge on any atom is -0.292 e. The maximum absolute atomic E-state index is 14.1. The van der Waals surface area contributed by atoms with E-state index in [4.69, 9.17) is 0 Å². The van der Waals surface area contributed by atoms with Gasteiger partial charge in [-0.25, -0.2) is 8.78 Å². The van der Waals surface area contributed by atoms with Gasteiger partial charge in [-0.3, -0.25) is 9.89 Å². The molecule has 0 saturated heterocycles. The summed E-state index contributed by atoms with van der Waals surface area (Å²) in [5.74, 6) is -0.540. The zero-order valence-electron chi connectivity index (χ0n) is 15.8. The molecule has 146 valence electrons. The third kappa shape index (κ3) is 2.92. The number of carbonyl (C=O) groups excluding carboxylic acids is 1. The number of carbonyl (C=O) groups is 1. The van der Waals surface area contributed by atoms with Crippen molar-refractivity contribution in [3.8, 4) is 0 Å². The molecule has 0 radical (unpaired) electrons. The second-order valence-electron chi connectivity index (χ2n) is 7.96. The van der Waals surface area contributed by atoms with Crippen molar-refractivity contribution in [2.24, 2.45) is 5.92 Å². The van der Waals surface area contributed by atoms with E-state index in [0.717, 1.165) is 41.6 Å². The average Bonchev–Trinajstić information content (AvgIpc) is 3.09. The fraction of sp³-hybridized carbons (Fsp3) is 0.250. The number of allylic oxidation sites excluding steroid dienone is 1. The summed E-state index contributed by atoms with van der Waals surface area (Å²) in [6.45, 7) is 0. The number of aromatic amines is 1. The third-order valence-corrected chi connectivity index (χ3v) is 6.26. The number of ketones is 1. The van der Waals surface area contributed by atoms with E-state index in [1.165, 1.54) is 24.3 Å². The van der Waals surface area contributed by atoms with Crippen LogP contribution in [0.4, 0.5) is 8.78 Å². The zero-order valence-corrected chi connectivity index (χ0v) is 15.8. The summed E-state index contributed by atoms with van der Waals surface area (Å²) >= 11 is 0. The molecule has 2 aromatic carbocycles. The summed E-state index contributed by atoms with van der Waals surface area (Å²) in [5, 5.41) is 7.34. The van der Waals surface area contributed by atoms with Crippen LogP contribution in [0, 0.1) is 17.6 Å². The lowest BCUT2D eigenvalue weighted by Gasteiger charge is -2.34. The van der Waals surface area contributed by atoms with Crippen LogP contribution < -0.4 is 0 Å². The van der Waals surface area contributed by atoms with Crippen molar-refractivity contribution in [2.75, 3.05) is 0 Å². The van der Waals surface area contributed by atoms with Crippen molar-refractivity contribution >= 4 is 11.9 Å². The standard InChI is InChI=1S/C24H20F2N2O/c25-18-8-2-6-16(12-18)24(17-7-3-9-19(26)13-17)11-10-20-21(14-24)27-28-22(20)23(29)15-4-1-5-15/h2-3,6-13,15H,1,4-5,14H2,(H,27,28). The Hall–Kier alpha value is -3.08. The SMILES string of the molecule is O=C(c1n[nH]c2c1C=CC(c1cccc(F)c1)(c1cccc(F)c1)C2)C1CCC1. The molecule has 2 aliphatic carbocycles. The van der Waals surface area contributed by atoms with Crippen LogP contribution in [0.3, 0.4) is 0 Å². The zero-order chi connectivity index (χ0) is 20.0. The number of aromatic nitrogens is 2. The maximum atomic E-state index is 14.1. The predicted octanol–water partition coefficient (Wildman–Crippen LogP) is 5.23. The molecule has 1 N–H and O–H groups in total. The number of Topliss-reactive ketones (excluding diaryl/α,β-unsaturated/α-hetero) is 1. The molecule has 1 aromatic heterocycles. The van der Waals surface area contributed by atoms with Crippen LogP contribution in [0.5, 0.6) is 0 Å². The molecule has 0 amide bonds. The van der Waals surface area contributed by atoms with E-state index < -0.39 is 5.41 Å². The number of hydrogen-bond acceptors (Lipinski definition) is 2. The average molecular weight is 390 g/mol. The lowest BCUT2D eigenvalue weighted by molar-refractivity contribution is 0.0849. The highest BCUT2D eigenvalue weighted by molar-refractivity contribution is 6.00. The number of nitrogens with one attached hydrogen (secondary N) is 1. The number of halogens is 2. The summed E-state index contributed by atoms with van der Waals surface area (Å²) in [7, 11) is 0. The molecule has 1 heterocycles. The van der Waals surface area contributed by atoms with Crippen LogP contribution in [-0.2, 0) is 11.8 Å². The quantitative estimate of drug-likeness (QED) is 0.621. The molecule has 3 aromatic rings. The van der Waals surface area contributed by atoms with Crippen LogP contribution in [0.25, 0.3) is 6.08 Å². The Kier molecular flexibility index (Phi) is 4.19. The molecule has 29 heavy (non-hydrogen) atoms. The molecule has 5 heteroatoms. The predicted molar refractivity (Wildman–Crippen MR) is 107 cm³/mol. The molecule has 3 nitrogen and oxygen atoms in total. The van der Waals surface area contributed by atoms with Crippen molar-refractivity contribution in [3.05, 3.63) is 94.3 Å². The maximum Gasteiger partial charge on any atom is 0.186 e. The summed E-state index contributed by atoms with van der Waals surface area (Å²) in [4.78, 5) is 12.7. The Morgan fingerprint density at radius 1 is 1.03 bits per heavy atom. The highest BCUT2D eigenvalue weighted by atomic mass is 19.1. The van der Waals surface area contributed by atoms with Gasteiger partial charge in [0.25, 0.3) is 0 Å². The van der Waals surface area contributed by atoms with Crippen molar-refractivity contribution in [3.63, 3.8) is 0 Å². The highest BCUT2D eigenvalue weighted by Crippen LogP contribution is 2.42. The minimum absolute atomic E-state index is 0.0638. The van der Waals surface area contributed by atoms with Crippen molar-refractivity contribution < 1.29 is 13.6 Å². The molecular formula is C24H20F2N2O. The largest absolute Gasteiger partial charge is 0.292 e. The van der Waals surface area contributed by atoms with Crippen LogP contribution in [-0.4, -0.2) is 16.0 Å². The highest BCUT2D eigenvalue weighted by Gasteiger charge is 2.38. The molecule has 0 spiro atoms. The smallest absolute Gasteiger partial charge is 0.186 e. The van der Waals surface area contributed by atoms with Gasteiger partial charge in [0, 0.05) is 29.0 Å². The van der Waals surface area contributed by atoms with Gasteiger partial charge in [0.2, 0.25) is 0 Å². The van der Waals surface area contributed by atoms with E-state index in [9.17, 15) is 13.6 Å². The van der Waals surface area contributed by atoms with E-state index in [2.05, 4.69) is 10.2 Å². The molecule has 1 fully saturated rings. The van der Waals surface area contributed by atoms with E-state index in [1.54, 1.807) is 12.1 Å². The second-order valence-corrected chi connectivity index (χ2v) is 7.96. The Morgan fingerprint density at radius 3 is 2.24 bits per heavy atom. The molecule has 0 atom stereocenters. The first kappa shape index (κ1) is 18.0. The molecule has 0 aliphatic heterocycles. The van der Waals surface area contributed by atoms with E-state index >= 15 is 0 Å². The Labute approximate surface area is 167 Å². The summed E-state index contributed by atoms with van der Waals surface area (Å²) in [6, 6.07) is 12.8. The Balaban J connectivity index is 1.63. The molecule has 2 aliphatic rings. The first-order chi connectivity index (χ1) is 14.1. The lowest BCUT2D eigenvalue weighted by Crippen LogP contribution is -2.31. The van der Waals surface area contributed by atoms with Gasteiger partial charge in [-0.15, -0.1) is 0 Å². The van der Waals surface area contributed by atoms with Gasteiger partial charge < -0.3 is 0 Å². The molecular weight excluding hydrogens is 370 g/mol. The van der Waals surface area contributed by atoms with E-state index in [0.29, 0.717) is 12.1 Å². The van der Waals surface area contributed by atoms with Gasteiger partial charge in [-0.1, -0.05) is 42.8 Å². The van der Waals surface area contributed by atoms with E-state index in [-0.39, 0.29) is 23.3 Å². The lowest BCUT2D eigenvalue weighted by atomic mass is 9.68. The van der Waals surface area contributed by atoms with E-state index in [1.807, 2.05) is 24.3 Å².